The third kappa shape index (κ3) is 5.74. The molecule has 0 radical (unpaired) electrons. The third-order valence-electron chi connectivity index (χ3n) is 3.77. The minimum Gasteiger partial charge on any atom is -0.350 e. The molecule has 0 heterocycles. The fraction of sp³-hybridized carbons (Fsp3) is 0.588. The number of aryl methyl sites for hydroxylation is 1. The van der Waals surface area contributed by atoms with E-state index in [-0.39, 0.29) is 11.4 Å². The molecule has 20 heavy (non-hydrogen) atoms. The van der Waals surface area contributed by atoms with E-state index in [1.54, 1.807) is 0 Å². The number of hydrogen-bond acceptors (Lipinski definition) is 2. The summed E-state index contributed by atoms with van der Waals surface area (Å²) in [5, 5.41) is 6.35. The van der Waals surface area contributed by atoms with Gasteiger partial charge in [-0.2, -0.15) is 0 Å². The molecule has 0 unspecified atom stereocenters. The normalized spacial score (nSPS) is 15.1. The van der Waals surface area contributed by atoms with Gasteiger partial charge in [0.25, 0.3) is 0 Å². The van der Waals surface area contributed by atoms with Gasteiger partial charge in [-0.05, 0) is 57.6 Å². The van der Waals surface area contributed by atoms with Crippen LogP contribution in [-0.4, -0.2) is 24.5 Å². The first-order valence-electron chi connectivity index (χ1n) is 7.61. The van der Waals surface area contributed by atoms with Crippen molar-refractivity contribution in [2.75, 3.05) is 13.1 Å². The number of hydrogen-bond donors (Lipinski definition) is 2. The summed E-state index contributed by atoms with van der Waals surface area (Å²) in [5.74, 6) is 0.914. The van der Waals surface area contributed by atoms with Crippen LogP contribution in [0.25, 0.3) is 0 Å². The van der Waals surface area contributed by atoms with Crippen LogP contribution in [0.3, 0.4) is 0 Å². The second-order valence-electron chi connectivity index (χ2n) is 6.49. The molecule has 3 nitrogen and oxygen atoms in total. The number of rotatable bonds is 8. The first kappa shape index (κ1) is 15.0. The van der Waals surface area contributed by atoms with Crippen molar-refractivity contribution in [3.8, 4) is 0 Å². The van der Waals surface area contributed by atoms with E-state index in [0.717, 1.165) is 25.3 Å². The largest absolute Gasteiger partial charge is 0.350 e. The van der Waals surface area contributed by atoms with Gasteiger partial charge in [0, 0.05) is 5.54 Å². The van der Waals surface area contributed by atoms with E-state index in [1.807, 2.05) is 6.07 Å². The molecule has 0 atom stereocenters. The Kier molecular flexibility index (Phi) is 5.18. The lowest BCUT2D eigenvalue weighted by atomic mass is 9.95. The average Bonchev–Trinajstić information content (AvgIpc) is 3.21. The van der Waals surface area contributed by atoms with Crippen LogP contribution in [0.15, 0.2) is 30.3 Å². The molecular formula is C17H26N2O. The van der Waals surface area contributed by atoms with Crippen molar-refractivity contribution in [1.82, 2.24) is 10.6 Å². The lowest BCUT2D eigenvalue weighted by molar-refractivity contribution is -0.121. The number of nitrogens with one attached hydrogen (secondary N) is 2. The average molecular weight is 274 g/mol. The summed E-state index contributed by atoms with van der Waals surface area (Å²) >= 11 is 0. The van der Waals surface area contributed by atoms with E-state index < -0.39 is 0 Å². The Hall–Kier alpha value is -1.35. The van der Waals surface area contributed by atoms with Crippen molar-refractivity contribution in [3.05, 3.63) is 35.9 Å². The van der Waals surface area contributed by atoms with Gasteiger partial charge in [0.2, 0.25) is 5.91 Å². The molecule has 1 aliphatic carbocycles. The van der Waals surface area contributed by atoms with Crippen molar-refractivity contribution in [2.24, 2.45) is 5.92 Å². The highest BCUT2D eigenvalue weighted by atomic mass is 16.2. The molecule has 2 N–H and O–H groups in total. The molecule has 1 amide bonds. The summed E-state index contributed by atoms with van der Waals surface area (Å²) in [7, 11) is 0. The zero-order valence-electron chi connectivity index (χ0n) is 12.6. The predicted octanol–water partition coefficient (Wildman–Crippen LogP) is 2.51. The predicted molar refractivity (Wildman–Crippen MR) is 82.6 cm³/mol. The maximum absolute atomic E-state index is 11.9. The van der Waals surface area contributed by atoms with E-state index in [4.69, 9.17) is 0 Å². The van der Waals surface area contributed by atoms with Crippen molar-refractivity contribution in [2.45, 2.75) is 45.1 Å². The monoisotopic (exact) mass is 274 g/mol. The second-order valence-corrected chi connectivity index (χ2v) is 6.49. The minimum absolute atomic E-state index is 0.101. The molecule has 2 rings (SSSR count). The maximum Gasteiger partial charge on any atom is 0.234 e. The van der Waals surface area contributed by atoms with E-state index in [1.165, 1.54) is 18.4 Å². The Balaban J connectivity index is 1.67. The van der Waals surface area contributed by atoms with Gasteiger partial charge in [-0.15, -0.1) is 0 Å². The molecule has 1 saturated carbocycles. The maximum atomic E-state index is 11.9. The topological polar surface area (TPSA) is 41.1 Å². The van der Waals surface area contributed by atoms with Crippen molar-refractivity contribution >= 4 is 5.91 Å². The summed E-state index contributed by atoms with van der Waals surface area (Å²) in [4.78, 5) is 11.9. The fourth-order valence-corrected chi connectivity index (χ4v) is 2.30. The molecule has 0 aromatic heterocycles. The number of amides is 1. The molecule has 1 fully saturated rings. The Morgan fingerprint density at radius 2 is 1.95 bits per heavy atom. The molecular weight excluding hydrogens is 248 g/mol. The van der Waals surface area contributed by atoms with Gasteiger partial charge in [-0.1, -0.05) is 30.3 Å². The minimum atomic E-state index is -0.159. The SMILES string of the molecule is CC(C)(CCc1ccccc1)NC(=O)CNCC1CC1. The lowest BCUT2D eigenvalue weighted by Crippen LogP contribution is -2.47. The Morgan fingerprint density at radius 3 is 2.60 bits per heavy atom. The molecule has 110 valence electrons. The first-order chi connectivity index (χ1) is 9.55. The van der Waals surface area contributed by atoms with Crippen LogP contribution in [-0.2, 0) is 11.2 Å². The summed E-state index contributed by atoms with van der Waals surface area (Å²) in [6.07, 6.45) is 4.57. The van der Waals surface area contributed by atoms with Gasteiger partial charge >= 0.3 is 0 Å². The lowest BCUT2D eigenvalue weighted by Gasteiger charge is -2.26. The van der Waals surface area contributed by atoms with Crippen molar-refractivity contribution in [1.29, 1.82) is 0 Å². The fourth-order valence-electron chi connectivity index (χ4n) is 2.30. The van der Waals surface area contributed by atoms with Crippen LogP contribution in [0, 0.1) is 5.92 Å². The van der Waals surface area contributed by atoms with E-state index in [9.17, 15) is 4.79 Å². The van der Waals surface area contributed by atoms with Crippen LogP contribution in [0.5, 0.6) is 0 Å². The number of carbonyl (C=O) groups excluding carboxylic acids is 1. The van der Waals surface area contributed by atoms with Crippen LogP contribution < -0.4 is 10.6 Å². The third-order valence-corrected chi connectivity index (χ3v) is 3.77. The standard InChI is InChI=1S/C17H26N2O/c1-17(2,11-10-14-6-4-3-5-7-14)19-16(20)13-18-12-15-8-9-15/h3-7,15,18H,8-13H2,1-2H3,(H,19,20). The smallest absolute Gasteiger partial charge is 0.234 e. The Morgan fingerprint density at radius 1 is 1.25 bits per heavy atom. The summed E-state index contributed by atoms with van der Waals surface area (Å²) in [6, 6.07) is 10.4. The Bertz CT molecular complexity index is 424. The van der Waals surface area contributed by atoms with Crippen LogP contribution in [0.2, 0.25) is 0 Å². The van der Waals surface area contributed by atoms with E-state index in [2.05, 4.69) is 48.7 Å². The molecule has 1 aliphatic rings. The van der Waals surface area contributed by atoms with Gasteiger partial charge in [0.15, 0.2) is 0 Å². The van der Waals surface area contributed by atoms with Gasteiger partial charge in [-0.3, -0.25) is 4.79 Å². The molecule has 0 spiro atoms. The first-order valence-corrected chi connectivity index (χ1v) is 7.61. The molecule has 1 aromatic rings. The summed E-state index contributed by atoms with van der Waals surface area (Å²) < 4.78 is 0. The van der Waals surface area contributed by atoms with Crippen molar-refractivity contribution in [3.63, 3.8) is 0 Å². The van der Waals surface area contributed by atoms with Gasteiger partial charge < -0.3 is 10.6 Å². The van der Waals surface area contributed by atoms with Crippen LogP contribution in [0.4, 0.5) is 0 Å². The molecule has 0 saturated heterocycles. The highest BCUT2D eigenvalue weighted by Crippen LogP contribution is 2.27. The van der Waals surface area contributed by atoms with E-state index in [0.29, 0.717) is 6.54 Å². The van der Waals surface area contributed by atoms with Gasteiger partial charge in [-0.25, -0.2) is 0 Å². The Labute approximate surface area is 122 Å². The van der Waals surface area contributed by atoms with Gasteiger partial charge in [0.1, 0.15) is 0 Å². The summed E-state index contributed by atoms with van der Waals surface area (Å²) in [6.45, 7) is 5.60. The van der Waals surface area contributed by atoms with Crippen LogP contribution >= 0.6 is 0 Å². The highest BCUT2D eigenvalue weighted by Gasteiger charge is 2.22. The zero-order valence-corrected chi connectivity index (χ0v) is 12.6. The van der Waals surface area contributed by atoms with Crippen LogP contribution in [0.1, 0.15) is 38.7 Å². The van der Waals surface area contributed by atoms with Gasteiger partial charge in [0.05, 0.1) is 6.54 Å². The molecule has 0 bridgehead atoms. The molecule has 0 aliphatic heterocycles. The highest BCUT2D eigenvalue weighted by molar-refractivity contribution is 5.78. The summed E-state index contributed by atoms with van der Waals surface area (Å²) in [5.41, 5.74) is 1.16. The van der Waals surface area contributed by atoms with E-state index >= 15 is 0 Å². The molecule has 1 aromatic carbocycles. The number of benzene rings is 1. The zero-order chi connectivity index (χ0) is 14.4. The quantitative estimate of drug-likeness (QED) is 0.765. The molecule has 3 heteroatoms. The second kappa shape index (κ2) is 6.89. The number of carbonyl (C=O) groups is 1. The van der Waals surface area contributed by atoms with Crippen molar-refractivity contribution < 1.29 is 4.79 Å².